The van der Waals surface area contributed by atoms with Crippen molar-refractivity contribution in [2.45, 2.75) is 38.3 Å². The molecular weight excluding hydrogens is 356 g/mol. The van der Waals surface area contributed by atoms with Gasteiger partial charge in [0.25, 0.3) is 5.91 Å². The van der Waals surface area contributed by atoms with Crippen molar-refractivity contribution >= 4 is 11.8 Å². The zero-order valence-corrected chi connectivity index (χ0v) is 16.2. The molecule has 4 rings (SSSR count). The average Bonchev–Trinajstić information content (AvgIpc) is 3.44. The van der Waals surface area contributed by atoms with Gasteiger partial charge in [-0.1, -0.05) is 12.1 Å². The van der Waals surface area contributed by atoms with Gasteiger partial charge in [-0.25, -0.2) is 0 Å². The van der Waals surface area contributed by atoms with Crippen molar-refractivity contribution in [3.05, 3.63) is 54.0 Å². The number of nitrogens with zero attached hydrogens (tertiary/aromatic N) is 2. The molecule has 6 heteroatoms. The molecule has 0 spiro atoms. The number of benzene rings is 1. The second-order valence-corrected chi connectivity index (χ2v) is 7.62. The van der Waals surface area contributed by atoms with Crippen LogP contribution < -0.4 is 4.74 Å². The second-order valence-electron chi connectivity index (χ2n) is 7.62. The number of methoxy groups -OCH3 is 1. The van der Waals surface area contributed by atoms with Crippen molar-refractivity contribution in [3.63, 3.8) is 0 Å². The van der Waals surface area contributed by atoms with E-state index in [4.69, 9.17) is 9.15 Å². The SMILES string of the molecule is COc1ccc(CN(C(=O)C2CCN(C(=O)c3ccoc3)CC2)C2CC2)cc1. The summed E-state index contributed by atoms with van der Waals surface area (Å²) in [6.07, 6.45) is 6.58. The van der Waals surface area contributed by atoms with E-state index in [1.165, 1.54) is 12.5 Å². The van der Waals surface area contributed by atoms with E-state index in [0.717, 1.165) is 24.2 Å². The summed E-state index contributed by atoms with van der Waals surface area (Å²) in [4.78, 5) is 29.5. The minimum atomic E-state index is -0.0167. The number of carbonyl (C=O) groups is 2. The van der Waals surface area contributed by atoms with Crippen molar-refractivity contribution in [2.24, 2.45) is 5.92 Å². The van der Waals surface area contributed by atoms with E-state index < -0.39 is 0 Å². The zero-order chi connectivity index (χ0) is 19.5. The summed E-state index contributed by atoms with van der Waals surface area (Å²) < 4.78 is 10.2. The summed E-state index contributed by atoms with van der Waals surface area (Å²) in [5.74, 6) is 1.03. The molecule has 1 saturated carbocycles. The first-order chi connectivity index (χ1) is 13.7. The van der Waals surface area contributed by atoms with E-state index in [0.29, 0.717) is 44.1 Å². The van der Waals surface area contributed by atoms with Crippen LogP contribution in [0, 0.1) is 5.92 Å². The van der Waals surface area contributed by atoms with Crippen LogP contribution in [0.3, 0.4) is 0 Å². The molecule has 0 N–H and O–H groups in total. The predicted molar refractivity (Wildman–Crippen MR) is 104 cm³/mol. The number of hydrogen-bond donors (Lipinski definition) is 0. The van der Waals surface area contributed by atoms with Crippen molar-refractivity contribution < 1.29 is 18.7 Å². The van der Waals surface area contributed by atoms with Crippen LogP contribution in [0.25, 0.3) is 0 Å². The monoisotopic (exact) mass is 382 g/mol. The number of furan rings is 1. The van der Waals surface area contributed by atoms with Crippen LogP contribution in [-0.4, -0.2) is 47.9 Å². The third-order valence-corrected chi connectivity index (χ3v) is 5.68. The summed E-state index contributed by atoms with van der Waals surface area (Å²) in [6.45, 7) is 1.87. The fourth-order valence-electron chi connectivity index (χ4n) is 3.83. The normalized spacial score (nSPS) is 17.4. The van der Waals surface area contributed by atoms with Gasteiger partial charge in [0, 0.05) is 31.6 Å². The van der Waals surface area contributed by atoms with Gasteiger partial charge in [0.15, 0.2) is 0 Å². The van der Waals surface area contributed by atoms with E-state index in [1.807, 2.05) is 34.1 Å². The van der Waals surface area contributed by atoms with Crippen LogP contribution in [0.1, 0.15) is 41.6 Å². The van der Waals surface area contributed by atoms with E-state index in [1.54, 1.807) is 13.2 Å². The standard InChI is InChI=1S/C22H26N2O4/c1-27-20-6-2-16(3-7-20)14-24(19-4-5-19)22(26)17-8-11-23(12-9-17)21(25)18-10-13-28-15-18/h2-3,6-7,10,13,15,17,19H,4-5,8-9,11-12,14H2,1H3. The molecule has 2 aromatic rings. The Morgan fingerprint density at radius 2 is 1.82 bits per heavy atom. The number of carbonyl (C=O) groups excluding carboxylic acids is 2. The van der Waals surface area contributed by atoms with E-state index >= 15 is 0 Å². The summed E-state index contributed by atoms with van der Waals surface area (Å²) in [7, 11) is 1.65. The Morgan fingerprint density at radius 1 is 1.11 bits per heavy atom. The Hall–Kier alpha value is -2.76. The molecule has 1 aromatic heterocycles. The first-order valence-corrected chi connectivity index (χ1v) is 9.90. The molecule has 2 heterocycles. The third kappa shape index (κ3) is 4.06. The van der Waals surface area contributed by atoms with Crippen molar-refractivity contribution in [2.75, 3.05) is 20.2 Å². The van der Waals surface area contributed by atoms with Gasteiger partial charge in [-0.05, 0) is 49.4 Å². The van der Waals surface area contributed by atoms with Gasteiger partial charge < -0.3 is 19.0 Å². The van der Waals surface area contributed by atoms with E-state index in [-0.39, 0.29) is 17.7 Å². The highest BCUT2D eigenvalue weighted by molar-refractivity contribution is 5.94. The predicted octanol–water partition coefficient (Wildman–Crippen LogP) is 3.33. The molecule has 1 aliphatic heterocycles. The number of amides is 2. The van der Waals surface area contributed by atoms with Crippen LogP contribution >= 0.6 is 0 Å². The molecule has 2 amide bonds. The van der Waals surface area contributed by atoms with Gasteiger partial charge in [-0.15, -0.1) is 0 Å². The Labute approximate surface area is 165 Å². The lowest BCUT2D eigenvalue weighted by molar-refractivity contribution is -0.138. The highest BCUT2D eigenvalue weighted by atomic mass is 16.5. The van der Waals surface area contributed by atoms with Gasteiger partial charge in [0.2, 0.25) is 5.91 Å². The van der Waals surface area contributed by atoms with E-state index in [9.17, 15) is 9.59 Å². The molecule has 2 fully saturated rings. The zero-order valence-electron chi connectivity index (χ0n) is 16.2. The third-order valence-electron chi connectivity index (χ3n) is 5.68. The summed E-state index contributed by atoms with van der Waals surface area (Å²) in [5, 5.41) is 0. The Balaban J connectivity index is 1.36. The molecule has 1 saturated heterocycles. The summed E-state index contributed by atoms with van der Waals surface area (Å²) in [5.41, 5.74) is 1.69. The maximum Gasteiger partial charge on any atom is 0.257 e. The minimum absolute atomic E-state index is 0.00718. The van der Waals surface area contributed by atoms with Crippen molar-refractivity contribution in [3.8, 4) is 5.75 Å². The highest BCUT2D eigenvalue weighted by Crippen LogP contribution is 2.32. The molecule has 6 nitrogen and oxygen atoms in total. The van der Waals surface area contributed by atoms with Crippen LogP contribution in [-0.2, 0) is 11.3 Å². The lowest BCUT2D eigenvalue weighted by atomic mass is 9.94. The van der Waals surface area contributed by atoms with Crippen molar-refractivity contribution in [1.29, 1.82) is 0 Å². The maximum atomic E-state index is 13.2. The average molecular weight is 382 g/mol. The maximum absolute atomic E-state index is 13.2. The highest BCUT2D eigenvalue weighted by Gasteiger charge is 2.37. The molecule has 28 heavy (non-hydrogen) atoms. The fourth-order valence-corrected chi connectivity index (χ4v) is 3.83. The molecule has 148 valence electrons. The molecule has 0 atom stereocenters. The van der Waals surface area contributed by atoms with Gasteiger partial charge in [-0.2, -0.15) is 0 Å². The van der Waals surface area contributed by atoms with Crippen LogP contribution in [0.5, 0.6) is 5.75 Å². The Morgan fingerprint density at radius 3 is 2.39 bits per heavy atom. The first-order valence-electron chi connectivity index (χ1n) is 9.90. The van der Waals surface area contributed by atoms with E-state index in [2.05, 4.69) is 0 Å². The second kappa shape index (κ2) is 8.09. The number of piperidine rings is 1. The van der Waals surface area contributed by atoms with Gasteiger partial charge in [-0.3, -0.25) is 9.59 Å². The molecule has 0 unspecified atom stereocenters. The molecule has 1 aliphatic carbocycles. The van der Waals surface area contributed by atoms with Gasteiger partial charge in [0.05, 0.1) is 18.9 Å². The lowest BCUT2D eigenvalue weighted by Gasteiger charge is -2.34. The Bertz CT molecular complexity index is 804. The van der Waals surface area contributed by atoms with Crippen LogP contribution in [0.2, 0.25) is 0 Å². The molecular formula is C22H26N2O4. The number of ether oxygens (including phenoxy) is 1. The quantitative estimate of drug-likeness (QED) is 0.769. The first kappa shape index (κ1) is 18.6. The van der Waals surface area contributed by atoms with Gasteiger partial charge >= 0.3 is 0 Å². The van der Waals surface area contributed by atoms with Crippen molar-refractivity contribution in [1.82, 2.24) is 9.80 Å². The largest absolute Gasteiger partial charge is 0.497 e. The van der Waals surface area contributed by atoms with Crippen LogP contribution in [0.4, 0.5) is 0 Å². The minimum Gasteiger partial charge on any atom is -0.497 e. The van der Waals surface area contributed by atoms with Crippen LogP contribution in [0.15, 0.2) is 47.3 Å². The summed E-state index contributed by atoms with van der Waals surface area (Å²) >= 11 is 0. The fraction of sp³-hybridized carbons (Fsp3) is 0.455. The lowest BCUT2D eigenvalue weighted by Crippen LogP contribution is -2.44. The molecule has 2 aliphatic rings. The number of rotatable bonds is 6. The molecule has 1 aromatic carbocycles. The number of hydrogen-bond acceptors (Lipinski definition) is 4. The summed E-state index contributed by atoms with van der Waals surface area (Å²) in [6, 6.07) is 9.96. The number of likely N-dealkylation sites (tertiary alicyclic amines) is 1. The molecule has 0 bridgehead atoms. The topological polar surface area (TPSA) is 63.0 Å². The molecule has 0 radical (unpaired) electrons. The Kier molecular flexibility index (Phi) is 5.37. The van der Waals surface area contributed by atoms with Gasteiger partial charge in [0.1, 0.15) is 12.0 Å². The smallest absolute Gasteiger partial charge is 0.257 e.